The highest BCUT2D eigenvalue weighted by Crippen LogP contribution is 2.35. The van der Waals surface area contributed by atoms with Crippen LogP contribution in [-0.4, -0.2) is 45.8 Å². The van der Waals surface area contributed by atoms with E-state index in [0.717, 1.165) is 12.8 Å². The minimum Gasteiger partial charge on any atom is -0.459 e. The topological polar surface area (TPSA) is 109 Å². The molecule has 2 aliphatic rings. The van der Waals surface area contributed by atoms with E-state index in [1.165, 1.54) is 28.1 Å². The molecule has 1 aromatic carbocycles. The van der Waals surface area contributed by atoms with Gasteiger partial charge in [0, 0.05) is 25.3 Å². The number of thiazole rings is 1. The lowest BCUT2D eigenvalue weighted by molar-refractivity contribution is -0.145. The molecule has 4 rings (SSSR count). The molecule has 0 bridgehead atoms. The van der Waals surface area contributed by atoms with Crippen LogP contribution in [0.15, 0.2) is 35.7 Å². The van der Waals surface area contributed by atoms with Crippen molar-refractivity contribution >= 4 is 46.0 Å². The van der Waals surface area contributed by atoms with Gasteiger partial charge in [0.15, 0.2) is 5.13 Å². The molecule has 10 heteroatoms. The van der Waals surface area contributed by atoms with Crippen LogP contribution in [0.3, 0.4) is 0 Å². The van der Waals surface area contributed by atoms with Crippen molar-refractivity contribution in [1.29, 1.82) is 0 Å². The minimum absolute atomic E-state index is 0.0118. The highest BCUT2D eigenvalue weighted by molar-refractivity contribution is 7.14. The van der Waals surface area contributed by atoms with Gasteiger partial charge in [0.25, 0.3) is 5.91 Å². The Hall–Kier alpha value is -3.27. The number of benzene rings is 1. The second kappa shape index (κ2) is 9.70. The first kappa shape index (κ1) is 22.9. The number of urea groups is 1. The molecule has 1 saturated heterocycles. The van der Waals surface area contributed by atoms with Crippen molar-refractivity contribution in [1.82, 2.24) is 15.2 Å². The van der Waals surface area contributed by atoms with Crippen molar-refractivity contribution in [2.24, 2.45) is 0 Å². The highest BCUT2D eigenvalue weighted by atomic mass is 32.1. The van der Waals surface area contributed by atoms with Crippen molar-refractivity contribution < 1.29 is 23.9 Å². The van der Waals surface area contributed by atoms with E-state index in [-0.39, 0.29) is 37.4 Å². The van der Waals surface area contributed by atoms with E-state index in [4.69, 9.17) is 4.74 Å². The Labute approximate surface area is 195 Å². The fourth-order valence-electron chi connectivity index (χ4n) is 4.27. The molecule has 9 nitrogen and oxygen atoms in total. The van der Waals surface area contributed by atoms with E-state index in [2.05, 4.69) is 10.3 Å². The first-order chi connectivity index (χ1) is 15.9. The highest BCUT2D eigenvalue weighted by Gasteiger charge is 2.52. The summed E-state index contributed by atoms with van der Waals surface area (Å²) in [6, 6.07) is 8.82. The summed E-state index contributed by atoms with van der Waals surface area (Å²) in [5.41, 5.74) is 0.526. The van der Waals surface area contributed by atoms with E-state index in [1.54, 1.807) is 5.38 Å². The van der Waals surface area contributed by atoms with Crippen LogP contribution in [-0.2, 0) is 25.7 Å². The Balaban J connectivity index is 1.25. The van der Waals surface area contributed by atoms with Gasteiger partial charge in [-0.2, -0.15) is 0 Å². The number of esters is 1. The summed E-state index contributed by atoms with van der Waals surface area (Å²) >= 11 is 1.29. The van der Waals surface area contributed by atoms with Crippen LogP contribution in [0.2, 0.25) is 0 Å². The largest absolute Gasteiger partial charge is 0.459 e. The van der Waals surface area contributed by atoms with Gasteiger partial charge in [0.05, 0.1) is 11.4 Å². The van der Waals surface area contributed by atoms with Gasteiger partial charge in [-0.1, -0.05) is 31.0 Å². The predicted molar refractivity (Wildman–Crippen MR) is 122 cm³/mol. The number of carbonyl (C=O) groups is 4. The van der Waals surface area contributed by atoms with Crippen LogP contribution in [0.25, 0.3) is 0 Å². The number of ether oxygens (including phenoxy) is 1. The SMILES string of the molecule is CC(=O)N(c1ccccc1)c1nc(COC(=O)CCCN2C(=O)NC3(CCCC3)C2=O)cs1. The zero-order chi connectivity index (χ0) is 23.4. The third-order valence-electron chi connectivity index (χ3n) is 5.91. The van der Waals surface area contributed by atoms with Gasteiger partial charge in [-0.25, -0.2) is 9.78 Å². The summed E-state index contributed by atoms with van der Waals surface area (Å²) in [4.78, 5) is 56.2. The molecule has 1 N–H and O–H groups in total. The lowest BCUT2D eigenvalue weighted by Gasteiger charge is -2.19. The van der Waals surface area contributed by atoms with Crippen LogP contribution in [0.5, 0.6) is 0 Å². The van der Waals surface area contributed by atoms with Crippen molar-refractivity contribution in [3.8, 4) is 0 Å². The summed E-state index contributed by atoms with van der Waals surface area (Å²) < 4.78 is 5.30. The van der Waals surface area contributed by atoms with Crippen LogP contribution in [0.4, 0.5) is 15.6 Å². The molecule has 1 aromatic heterocycles. The maximum absolute atomic E-state index is 12.6. The van der Waals surface area contributed by atoms with Crippen molar-refractivity contribution in [2.75, 3.05) is 11.4 Å². The van der Waals surface area contributed by atoms with E-state index >= 15 is 0 Å². The lowest BCUT2D eigenvalue weighted by Crippen LogP contribution is -2.44. The number of aromatic nitrogens is 1. The Kier molecular flexibility index (Phi) is 6.73. The molecule has 4 amide bonds. The average Bonchev–Trinajstić information content (AvgIpc) is 3.50. The lowest BCUT2D eigenvalue weighted by atomic mass is 9.98. The van der Waals surface area contributed by atoms with Gasteiger partial charge in [0.1, 0.15) is 12.1 Å². The van der Waals surface area contributed by atoms with E-state index in [9.17, 15) is 19.2 Å². The van der Waals surface area contributed by atoms with Crippen LogP contribution < -0.4 is 10.2 Å². The molecule has 0 radical (unpaired) electrons. The van der Waals surface area contributed by atoms with Gasteiger partial charge < -0.3 is 10.1 Å². The van der Waals surface area contributed by atoms with E-state index < -0.39 is 11.5 Å². The molecule has 33 heavy (non-hydrogen) atoms. The number of para-hydroxylation sites is 1. The number of hydrogen-bond donors (Lipinski definition) is 1. The summed E-state index contributed by atoms with van der Waals surface area (Å²) in [6.45, 7) is 1.64. The number of imide groups is 1. The number of hydrogen-bond acceptors (Lipinski definition) is 7. The standard InChI is InChI=1S/C23H26N4O5S/c1-16(28)27(18-8-3-2-4-9-18)22-24-17(15-33-22)14-32-19(29)10-7-13-26-20(30)23(25-21(26)31)11-5-6-12-23/h2-4,8-9,15H,5-7,10-14H2,1H3,(H,25,31). The predicted octanol–water partition coefficient (Wildman–Crippen LogP) is 3.52. The first-order valence-electron chi connectivity index (χ1n) is 11.0. The first-order valence-corrected chi connectivity index (χ1v) is 11.9. The number of nitrogens with one attached hydrogen (secondary N) is 1. The maximum Gasteiger partial charge on any atom is 0.325 e. The van der Waals surface area contributed by atoms with Crippen LogP contribution in [0, 0.1) is 0 Å². The van der Waals surface area contributed by atoms with Gasteiger partial charge in [-0.3, -0.25) is 24.2 Å². The Morgan fingerprint density at radius 3 is 2.64 bits per heavy atom. The third-order valence-corrected chi connectivity index (χ3v) is 6.78. The fraction of sp³-hybridized carbons (Fsp3) is 0.435. The van der Waals surface area contributed by atoms with E-state index in [0.29, 0.717) is 35.8 Å². The molecular weight excluding hydrogens is 444 g/mol. The molecule has 2 aromatic rings. The molecule has 1 aliphatic heterocycles. The number of anilines is 2. The van der Waals surface area contributed by atoms with Crippen molar-refractivity contribution in [3.63, 3.8) is 0 Å². The molecule has 1 spiro atoms. The van der Waals surface area contributed by atoms with Gasteiger partial charge in [0.2, 0.25) is 5.91 Å². The molecule has 0 atom stereocenters. The van der Waals surface area contributed by atoms with Gasteiger partial charge in [-0.15, -0.1) is 11.3 Å². The normalized spacial score (nSPS) is 16.8. The molecule has 2 fully saturated rings. The van der Waals surface area contributed by atoms with E-state index in [1.807, 2.05) is 30.3 Å². The Bertz CT molecular complexity index is 1050. The fourth-order valence-corrected chi connectivity index (χ4v) is 5.15. The molecule has 174 valence electrons. The van der Waals surface area contributed by atoms with Gasteiger partial charge in [-0.05, 0) is 31.4 Å². The zero-order valence-electron chi connectivity index (χ0n) is 18.4. The summed E-state index contributed by atoms with van der Waals surface area (Å²) in [5.74, 6) is -0.778. The van der Waals surface area contributed by atoms with Crippen LogP contribution >= 0.6 is 11.3 Å². The summed E-state index contributed by atoms with van der Waals surface area (Å²) in [6.07, 6.45) is 3.64. The summed E-state index contributed by atoms with van der Waals surface area (Å²) in [7, 11) is 0. The smallest absolute Gasteiger partial charge is 0.325 e. The number of amides is 4. The van der Waals surface area contributed by atoms with Gasteiger partial charge >= 0.3 is 12.0 Å². The monoisotopic (exact) mass is 470 g/mol. The average molecular weight is 471 g/mol. The Morgan fingerprint density at radius 1 is 1.21 bits per heavy atom. The van der Waals surface area contributed by atoms with Crippen LogP contribution in [0.1, 0.15) is 51.1 Å². The molecule has 0 unspecified atom stereocenters. The molecular formula is C23H26N4O5S. The number of carbonyl (C=O) groups excluding carboxylic acids is 4. The molecule has 1 aliphatic carbocycles. The van der Waals surface area contributed by atoms with Crippen molar-refractivity contribution in [3.05, 3.63) is 41.4 Å². The minimum atomic E-state index is -0.729. The molecule has 2 heterocycles. The zero-order valence-corrected chi connectivity index (χ0v) is 19.2. The number of nitrogens with zero attached hydrogens (tertiary/aromatic N) is 3. The second-order valence-corrected chi connectivity index (χ2v) is 9.09. The molecule has 1 saturated carbocycles. The second-order valence-electron chi connectivity index (χ2n) is 8.25. The number of rotatable bonds is 8. The summed E-state index contributed by atoms with van der Waals surface area (Å²) in [5, 5.41) is 5.08. The maximum atomic E-state index is 12.6. The Morgan fingerprint density at radius 2 is 1.94 bits per heavy atom. The van der Waals surface area contributed by atoms with Crippen molar-refractivity contribution in [2.45, 2.75) is 57.6 Å². The quantitative estimate of drug-likeness (QED) is 0.467. The third kappa shape index (κ3) is 4.90.